The topological polar surface area (TPSA) is 66.8 Å². The monoisotopic (exact) mass is 255 g/mol. The van der Waals surface area contributed by atoms with Gasteiger partial charge in [-0.3, -0.25) is 4.90 Å². The Morgan fingerprint density at radius 2 is 1.89 bits per heavy atom. The van der Waals surface area contributed by atoms with Crippen molar-refractivity contribution in [3.05, 3.63) is 0 Å². The maximum Gasteiger partial charge on any atom is 0.411 e. The highest BCUT2D eigenvalue weighted by molar-refractivity contribution is 5.82. The molecule has 0 aromatic rings. The summed E-state index contributed by atoms with van der Waals surface area (Å²) in [5.41, 5.74) is -0.565. The second-order valence-corrected chi connectivity index (χ2v) is 6.87. The molecule has 0 radical (unpaired) electrons. The zero-order chi connectivity index (χ0) is 13.9. The molecule has 1 aliphatic carbocycles. The first-order chi connectivity index (χ1) is 8.05. The average Bonchev–Trinajstić information content (AvgIpc) is 2.59. The predicted molar refractivity (Wildman–Crippen MR) is 65.1 cm³/mol. The fourth-order valence-electron chi connectivity index (χ4n) is 3.08. The molecule has 0 unspecified atom stereocenters. The number of carboxylic acids is 1. The number of hydrogen-bond acceptors (Lipinski definition) is 3. The van der Waals surface area contributed by atoms with Crippen LogP contribution < -0.4 is 0 Å². The number of aliphatic carboxylic acids is 1. The Morgan fingerprint density at radius 3 is 2.33 bits per heavy atom. The molecular formula is C13H21NO4. The Hall–Kier alpha value is -1.26. The van der Waals surface area contributed by atoms with E-state index in [1.54, 1.807) is 20.8 Å². The first-order valence-electron chi connectivity index (χ1n) is 6.28. The highest BCUT2D eigenvalue weighted by Crippen LogP contribution is 2.64. The number of carbonyl (C=O) groups is 2. The van der Waals surface area contributed by atoms with Crippen LogP contribution in [0.1, 0.15) is 34.6 Å². The summed E-state index contributed by atoms with van der Waals surface area (Å²) >= 11 is 0. The average molecular weight is 255 g/mol. The summed E-state index contributed by atoms with van der Waals surface area (Å²) in [6, 6.07) is -0.736. The Labute approximate surface area is 107 Å². The van der Waals surface area contributed by atoms with Gasteiger partial charge in [0.2, 0.25) is 0 Å². The summed E-state index contributed by atoms with van der Waals surface area (Å²) in [6.07, 6.45) is -0.516. The minimum atomic E-state index is -0.932. The molecule has 1 aliphatic heterocycles. The lowest BCUT2D eigenvalue weighted by atomic mass is 10.0. The van der Waals surface area contributed by atoms with E-state index >= 15 is 0 Å². The molecule has 2 fully saturated rings. The predicted octanol–water partition coefficient (Wildman–Crippen LogP) is 1.96. The zero-order valence-electron chi connectivity index (χ0n) is 11.6. The van der Waals surface area contributed by atoms with Gasteiger partial charge in [0.05, 0.1) is 0 Å². The molecule has 3 atom stereocenters. The van der Waals surface area contributed by atoms with E-state index in [-0.39, 0.29) is 17.3 Å². The molecule has 1 saturated heterocycles. The SMILES string of the molecule is CC(C)(C)OC(=O)N1C[C@H]2[C@@H]([C@H]1C(=O)O)C2(C)C. The van der Waals surface area contributed by atoms with Gasteiger partial charge in [0.15, 0.2) is 0 Å². The van der Waals surface area contributed by atoms with Crippen LogP contribution in [0.25, 0.3) is 0 Å². The lowest BCUT2D eigenvalue weighted by Gasteiger charge is -2.30. The van der Waals surface area contributed by atoms with E-state index in [1.165, 1.54) is 4.90 Å². The van der Waals surface area contributed by atoms with Crippen LogP contribution in [0.5, 0.6) is 0 Å². The zero-order valence-corrected chi connectivity index (χ0v) is 11.6. The highest BCUT2D eigenvalue weighted by Gasteiger charge is 2.70. The van der Waals surface area contributed by atoms with E-state index in [1.807, 2.05) is 0 Å². The lowest BCUT2D eigenvalue weighted by molar-refractivity contribution is -0.143. The minimum absolute atomic E-state index is 0.0293. The fourth-order valence-corrected chi connectivity index (χ4v) is 3.08. The first-order valence-corrected chi connectivity index (χ1v) is 6.28. The van der Waals surface area contributed by atoms with Gasteiger partial charge in [-0.25, -0.2) is 9.59 Å². The normalized spacial score (nSPS) is 32.9. The number of carboxylic acid groups (broad SMARTS) is 1. The number of piperidine rings is 1. The summed E-state index contributed by atoms with van der Waals surface area (Å²) in [7, 11) is 0. The number of rotatable bonds is 1. The molecule has 0 aromatic heterocycles. The van der Waals surface area contributed by atoms with Gasteiger partial charge in [0.1, 0.15) is 11.6 Å². The summed E-state index contributed by atoms with van der Waals surface area (Å²) in [4.78, 5) is 24.7. The van der Waals surface area contributed by atoms with Crippen LogP contribution in [-0.4, -0.2) is 40.3 Å². The summed E-state index contributed by atoms with van der Waals surface area (Å²) in [5.74, 6) is -0.590. The number of fused-ring (bicyclic) bond motifs is 1. The van der Waals surface area contributed by atoms with Gasteiger partial charge in [0, 0.05) is 12.5 Å². The molecule has 5 nitrogen and oxygen atoms in total. The third-order valence-electron chi connectivity index (χ3n) is 4.09. The van der Waals surface area contributed by atoms with E-state index in [4.69, 9.17) is 4.74 Å². The maximum absolute atomic E-state index is 12.0. The van der Waals surface area contributed by atoms with Crippen molar-refractivity contribution < 1.29 is 19.4 Å². The summed E-state index contributed by atoms with van der Waals surface area (Å²) in [5, 5.41) is 9.31. The van der Waals surface area contributed by atoms with Crippen molar-refractivity contribution in [3.63, 3.8) is 0 Å². The molecule has 2 aliphatic rings. The number of ether oxygens (including phenoxy) is 1. The number of likely N-dealkylation sites (tertiary alicyclic amines) is 1. The molecule has 2 rings (SSSR count). The molecule has 0 aromatic carbocycles. The van der Waals surface area contributed by atoms with Crippen molar-refractivity contribution in [3.8, 4) is 0 Å². The van der Waals surface area contributed by atoms with Crippen LogP contribution in [0.2, 0.25) is 0 Å². The second kappa shape index (κ2) is 3.62. The van der Waals surface area contributed by atoms with E-state index in [2.05, 4.69) is 13.8 Å². The standard InChI is InChI=1S/C13H21NO4/c1-12(2,3)18-11(17)14-6-7-8(13(7,4)5)9(14)10(15)16/h7-9H,6H2,1-5H3,(H,15,16)/t7-,8-,9-/m0/s1. The van der Waals surface area contributed by atoms with Gasteiger partial charge < -0.3 is 9.84 Å². The summed E-state index contributed by atoms with van der Waals surface area (Å²) in [6.45, 7) is 9.95. The van der Waals surface area contributed by atoms with Crippen LogP contribution in [0.15, 0.2) is 0 Å². The van der Waals surface area contributed by atoms with Gasteiger partial charge in [-0.15, -0.1) is 0 Å². The van der Waals surface area contributed by atoms with Gasteiger partial charge in [-0.2, -0.15) is 0 Å². The quantitative estimate of drug-likeness (QED) is 0.777. The van der Waals surface area contributed by atoms with E-state index < -0.39 is 23.7 Å². The van der Waals surface area contributed by atoms with Crippen LogP contribution in [0.3, 0.4) is 0 Å². The second-order valence-electron chi connectivity index (χ2n) is 6.87. The molecular weight excluding hydrogens is 234 g/mol. The Bertz CT molecular complexity index is 396. The molecule has 102 valence electrons. The Morgan fingerprint density at radius 1 is 1.33 bits per heavy atom. The van der Waals surface area contributed by atoms with Crippen molar-refractivity contribution in [2.75, 3.05) is 6.54 Å². The van der Waals surface area contributed by atoms with Gasteiger partial charge in [-0.1, -0.05) is 13.8 Å². The van der Waals surface area contributed by atoms with E-state index in [9.17, 15) is 14.7 Å². The molecule has 0 bridgehead atoms. The molecule has 1 amide bonds. The number of carbonyl (C=O) groups excluding carboxylic acids is 1. The number of amides is 1. The van der Waals surface area contributed by atoms with Crippen molar-refractivity contribution in [1.82, 2.24) is 4.90 Å². The van der Waals surface area contributed by atoms with Gasteiger partial charge in [-0.05, 0) is 32.1 Å². The fraction of sp³-hybridized carbons (Fsp3) is 0.846. The highest BCUT2D eigenvalue weighted by atomic mass is 16.6. The van der Waals surface area contributed by atoms with Gasteiger partial charge >= 0.3 is 12.1 Å². The number of nitrogens with zero attached hydrogens (tertiary/aromatic N) is 1. The van der Waals surface area contributed by atoms with Crippen molar-refractivity contribution in [2.45, 2.75) is 46.3 Å². The third kappa shape index (κ3) is 1.95. The van der Waals surface area contributed by atoms with Crippen LogP contribution in [0, 0.1) is 17.3 Å². The molecule has 5 heteroatoms. The number of hydrogen-bond donors (Lipinski definition) is 1. The Balaban J connectivity index is 2.12. The largest absolute Gasteiger partial charge is 0.480 e. The lowest BCUT2D eigenvalue weighted by Crippen LogP contribution is -2.47. The van der Waals surface area contributed by atoms with Gasteiger partial charge in [0.25, 0.3) is 0 Å². The van der Waals surface area contributed by atoms with Crippen LogP contribution in [-0.2, 0) is 9.53 Å². The summed E-state index contributed by atoms with van der Waals surface area (Å²) < 4.78 is 5.26. The van der Waals surface area contributed by atoms with Crippen molar-refractivity contribution in [1.29, 1.82) is 0 Å². The van der Waals surface area contributed by atoms with E-state index in [0.717, 1.165) is 0 Å². The molecule has 0 spiro atoms. The van der Waals surface area contributed by atoms with Crippen LogP contribution >= 0.6 is 0 Å². The smallest absolute Gasteiger partial charge is 0.411 e. The molecule has 1 N–H and O–H groups in total. The van der Waals surface area contributed by atoms with Crippen molar-refractivity contribution in [2.24, 2.45) is 17.3 Å². The third-order valence-corrected chi connectivity index (χ3v) is 4.09. The molecule has 18 heavy (non-hydrogen) atoms. The van der Waals surface area contributed by atoms with E-state index in [0.29, 0.717) is 6.54 Å². The first kappa shape index (κ1) is 13.2. The molecule has 1 saturated carbocycles. The Kier molecular flexibility index (Phi) is 2.65. The minimum Gasteiger partial charge on any atom is -0.480 e. The maximum atomic E-state index is 12.0. The van der Waals surface area contributed by atoms with Crippen molar-refractivity contribution >= 4 is 12.1 Å². The molecule has 1 heterocycles. The van der Waals surface area contributed by atoms with Crippen LogP contribution in [0.4, 0.5) is 4.79 Å².